The number of nitrogens with one attached hydrogen (secondary N) is 1. The Bertz CT molecular complexity index is 400. The molecule has 0 radical (unpaired) electrons. The van der Waals surface area contributed by atoms with Gasteiger partial charge in [0.15, 0.2) is 0 Å². The van der Waals surface area contributed by atoms with E-state index in [1.165, 1.54) is 0 Å². The Kier molecular flexibility index (Phi) is 2.82. The van der Waals surface area contributed by atoms with Crippen LogP contribution in [0.15, 0.2) is 0 Å². The number of likely N-dealkylation sites (tertiary alicyclic amines) is 1. The van der Waals surface area contributed by atoms with Crippen molar-refractivity contribution in [2.24, 2.45) is 17.8 Å². The standard InChI is InChI=1S/C14H21N3O/c1-8(2)11-3-4-16-13(11)14(18)17-10(7-15)5-9-6-12(9)17/h8-13,16H,3-6H2,1-2H3/t9?,10-,11+,12-,13-/m0/s1. The molecule has 18 heavy (non-hydrogen) atoms. The van der Waals surface area contributed by atoms with Crippen molar-refractivity contribution in [2.45, 2.75) is 51.2 Å². The van der Waals surface area contributed by atoms with Crippen LogP contribution in [0, 0.1) is 29.1 Å². The van der Waals surface area contributed by atoms with Crippen LogP contribution in [0.5, 0.6) is 0 Å². The zero-order valence-corrected chi connectivity index (χ0v) is 11.1. The van der Waals surface area contributed by atoms with Crippen LogP contribution < -0.4 is 5.32 Å². The number of carbonyl (C=O) groups is 1. The minimum atomic E-state index is -0.170. The van der Waals surface area contributed by atoms with E-state index in [1.54, 1.807) is 0 Å². The number of hydrogen-bond donors (Lipinski definition) is 1. The quantitative estimate of drug-likeness (QED) is 0.796. The summed E-state index contributed by atoms with van der Waals surface area (Å²) < 4.78 is 0. The molecule has 2 saturated heterocycles. The SMILES string of the molecule is CC(C)[C@H]1CCN[C@@H]1C(=O)N1[C@H](C#N)CC2C[C@@H]21. The Morgan fingerprint density at radius 2 is 2.22 bits per heavy atom. The van der Waals surface area contributed by atoms with Gasteiger partial charge in [-0.15, -0.1) is 0 Å². The maximum atomic E-state index is 12.7. The third kappa shape index (κ3) is 1.73. The first-order valence-electron chi connectivity index (χ1n) is 7.08. The van der Waals surface area contributed by atoms with Gasteiger partial charge < -0.3 is 10.2 Å². The van der Waals surface area contributed by atoms with Crippen LogP contribution in [0.2, 0.25) is 0 Å². The average Bonchev–Trinajstić information content (AvgIpc) is 2.82. The average molecular weight is 247 g/mol. The van der Waals surface area contributed by atoms with Crippen molar-refractivity contribution in [1.29, 1.82) is 5.26 Å². The van der Waals surface area contributed by atoms with Crippen LogP contribution in [0.1, 0.15) is 33.1 Å². The van der Waals surface area contributed by atoms with E-state index in [0.29, 0.717) is 23.8 Å². The van der Waals surface area contributed by atoms with Crippen molar-refractivity contribution in [2.75, 3.05) is 6.54 Å². The van der Waals surface area contributed by atoms with Crippen molar-refractivity contribution in [1.82, 2.24) is 10.2 Å². The van der Waals surface area contributed by atoms with Crippen molar-refractivity contribution < 1.29 is 4.79 Å². The molecule has 1 N–H and O–H groups in total. The molecular weight excluding hydrogens is 226 g/mol. The summed E-state index contributed by atoms with van der Waals surface area (Å²) in [5.74, 6) is 1.74. The second-order valence-electron chi connectivity index (χ2n) is 6.32. The third-order valence-electron chi connectivity index (χ3n) is 4.90. The Labute approximate surface area is 108 Å². The van der Waals surface area contributed by atoms with E-state index >= 15 is 0 Å². The number of amides is 1. The third-order valence-corrected chi connectivity index (χ3v) is 4.90. The molecule has 0 aromatic carbocycles. The Morgan fingerprint density at radius 3 is 2.89 bits per heavy atom. The summed E-state index contributed by atoms with van der Waals surface area (Å²) in [4.78, 5) is 14.6. The molecule has 0 bridgehead atoms. The second kappa shape index (κ2) is 4.24. The van der Waals surface area contributed by atoms with Crippen LogP contribution in [0.3, 0.4) is 0 Å². The molecule has 1 aliphatic carbocycles. The van der Waals surface area contributed by atoms with Crippen LogP contribution in [0.25, 0.3) is 0 Å². The van der Waals surface area contributed by atoms with Gasteiger partial charge in [-0.05, 0) is 43.6 Å². The molecule has 98 valence electrons. The van der Waals surface area contributed by atoms with Gasteiger partial charge >= 0.3 is 0 Å². The lowest BCUT2D eigenvalue weighted by atomic mass is 9.88. The highest BCUT2D eigenvalue weighted by Crippen LogP contribution is 2.48. The van der Waals surface area contributed by atoms with Gasteiger partial charge in [0.25, 0.3) is 0 Å². The zero-order valence-electron chi connectivity index (χ0n) is 11.1. The fourth-order valence-corrected chi connectivity index (χ4v) is 3.76. The van der Waals surface area contributed by atoms with E-state index in [1.807, 2.05) is 4.90 Å². The molecule has 0 aromatic rings. The highest BCUT2D eigenvalue weighted by Gasteiger charge is 2.55. The zero-order chi connectivity index (χ0) is 12.9. The minimum absolute atomic E-state index is 0.0554. The smallest absolute Gasteiger partial charge is 0.241 e. The van der Waals surface area contributed by atoms with Crippen LogP contribution in [-0.2, 0) is 4.79 Å². The second-order valence-corrected chi connectivity index (χ2v) is 6.32. The summed E-state index contributed by atoms with van der Waals surface area (Å²) >= 11 is 0. The Balaban J connectivity index is 1.76. The summed E-state index contributed by atoms with van der Waals surface area (Å²) in [5, 5.41) is 12.5. The molecule has 2 aliphatic heterocycles. The van der Waals surface area contributed by atoms with Crippen molar-refractivity contribution in [3.05, 3.63) is 0 Å². The molecule has 0 aromatic heterocycles. The van der Waals surface area contributed by atoms with Crippen molar-refractivity contribution >= 4 is 5.91 Å². The van der Waals surface area contributed by atoms with Gasteiger partial charge in [0.2, 0.25) is 5.91 Å². The van der Waals surface area contributed by atoms with Crippen molar-refractivity contribution in [3.8, 4) is 6.07 Å². The molecule has 3 fully saturated rings. The van der Waals surface area contributed by atoms with Crippen molar-refractivity contribution in [3.63, 3.8) is 0 Å². The highest BCUT2D eigenvalue weighted by molar-refractivity contribution is 5.84. The molecule has 1 saturated carbocycles. The molecule has 3 rings (SSSR count). The lowest BCUT2D eigenvalue weighted by Crippen LogP contribution is -2.50. The maximum absolute atomic E-state index is 12.7. The van der Waals surface area contributed by atoms with E-state index in [9.17, 15) is 10.1 Å². The van der Waals surface area contributed by atoms with Crippen LogP contribution in [0.4, 0.5) is 0 Å². The first-order valence-corrected chi connectivity index (χ1v) is 7.08. The van der Waals surface area contributed by atoms with Gasteiger partial charge in [0.1, 0.15) is 6.04 Å². The normalized spacial score (nSPS) is 41.9. The lowest BCUT2D eigenvalue weighted by Gasteiger charge is -2.30. The minimum Gasteiger partial charge on any atom is -0.322 e. The molecular formula is C14H21N3O. The molecule has 4 nitrogen and oxygen atoms in total. The summed E-state index contributed by atoms with van der Waals surface area (Å²) in [6, 6.07) is 2.45. The number of carbonyl (C=O) groups excluding carboxylic acids is 1. The molecule has 0 spiro atoms. The molecule has 5 atom stereocenters. The van der Waals surface area contributed by atoms with E-state index in [0.717, 1.165) is 25.8 Å². The van der Waals surface area contributed by atoms with Crippen LogP contribution in [-0.4, -0.2) is 35.5 Å². The van der Waals surface area contributed by atoms with Gasteiger partial charge in [0.05, 0.1) is 12.1 Å². The van der Waals surface area contributed by atoms with E-state index in [-0.39, 0.29) is 18.0 Å². The summed E-state index contributed by atoms with van der Waals surface area (Å²) in [7, 11) is 0. The molecule has 2 heterocycles. The van der Waals surface area contributed by atoms with Gasteiger partial charge in [-0.25, -0.2) is 0 Å². The largest absolute Gasteiger partial charge is 0.322 e. The summed E-state index contributed by atoms with van der Waals surface area (Å²) in [6.45, 7) is 5.30. The number of nitriles is 1. The van der Waals surface area contributed by atoms with Gasteiger partial charge in [0, 0.05) is 6.04 Å². The number of nitrogens with zero attached hydrogens (tertiary/aromatic N) is 2. The number of piperidine rings is 1. The summed E-state index contributed by atoms with van der Waals surface area (Å²) in [6.07, 6.45) is 3.09. The Morgan fingerprint density at radius 1 is 1.44 bits per heavy atom. The van der Waals surface area contributed by atoms with E-state index in [4.69, 9.17) is 0 Å². The van der Waals surface area contributed by atoms with E-state index in [2.05, 4.69) is 25.2 Å². The van der Waals surface area contributed by atoms with Gasteiger partial charge in [-0.3, -0.25) is 4.79 Å². The van der Waals surface area contributed by atoms with Gasteiger partial charge in [-0.1, -0.05) is 13.8 Å². The topological polar surface area (TPSA) is 56.1 Å². The number of fused-ring (bicyclic) bond motifs is 1. The molecule has 4 heteroatoms. The summed E-state index contributed by atoms with van der Waals surface area (Å²) in [5.41, 5.74) is 0. The van der Waals surface area contributed by atoms with Crippen LogP contribution >= 0.6 is 0 Å². The van der Waals surface area contributed by atoms with E-state index < -0.39 is 0 Å². The molecule has 3 aliphatic rings. The number of rotatable bonds is 2. The predicted octanol–water partition coefficient (Wildman–Crippen LogP) is 1.13. The van der Waals surface area contributed by atoms with Gasteiger partial charge in [-0.2, -0.15) is 5.26 Å². The fourth-order valence-electron chi connectivity index (χ4n) is 3.76. The predicted molar refractivity (Wildman–Crippen MR) is 67.5 cm³/mol. The molecule has 1 unspecified atom stereocenters. The Hall–Kier alpha value is -1.08. The first kappa shape index (κ1) is 12.0. The number of hydrogen-bond acceptors (Lipinski definition) is 3. The molecule has 1 amide bonds. The maximum Gasteiger partial charge on any atom is 0.241 e. The highest BCUT2D eigenvalue weighted by atomic mass is 16.2. The fraction of sp³-hybridized carbons (Fsp3) is 0.857. The lowest BCUT2D eigenvalue weighted by molar-refractivity contribution is -0.135. The monoisotopic (exact) mass is 247 g/mol. The first-order chi connectivity index (χ1) is 8.63.